The monoisotopic (exact) mass is 462 g/mol. The van der Waals surface area contributed by atoms with Gasteiger partial charge in [-0.3, -0.25) is 14.4 Å². The number of hydroxylamine groups is 1. The molecule has 0 aliphatic heterocycles. The number of nitrogens with two attached hydrogens (primary N) is 1. The van der Waals surface area contributed by atoms with Gasteiger partial charge in [-0.1, -0.05) is 41.4 Å². The first kappa shape index (κ1) is 22.4. The first-order valence-electron chi connectivity index (χ1n) is 8.84. The van der Waals surface area contributed by atoms with Crippen LogP contribution in [0.1, 0.15) is 10.4 Å². The number of carbonyl (C=O) groups is 3. The Kier molecular flexibility index (Phi) is 6.96. The van der Waals surface area contributed by atoms with E-state index in [9.17, 15) is 19.5 Å². The number of primary amides is 1. The van der Waals surface area contributed by atoms with Gasteiger partial charge in [0.1, 0.15) is 5.75 Å². The summed E-state index contributed by atoms with van der Waals surface area (Å²) in [6.45, 7) is -1.06. The summed E-state index contributed by atoms with van der Waals surface area (Å²) in [5.74, 6) is -2.54. The third-order valence-electron chi connectivity index (χ3n) is 4.08. The van der Waals surface area contributed by atoms with Crippen molar-refractivity contribution in [2.45, 2.75) is 0 Å². The van der Waals surface area contributed by atoms with Crippen LogP contribution in [0, 0.1) is 0 Å². The number of nitrogens with zero attached hydrogens (tertiary/aromatic N) is 1. The zero-order valence-electron chi connectivity index (χ0n) is 15.9. The number of benzene rings is 3. The van der Waals surface area contributed by atoms with Gasteiger partial charge in [0.05, 0.1) is 16.3 Å². The molecule has 0 saturated carbocycles. The van der Waals surface area contributed by atoms with E-state index in [4.69, 9.17) is 38.5 Å². The van der Waals surface area contributed by atoms with Crippen molar-refractivity contribution in [3.05, 3.63) is 70.2 Å². The van der Waals surface area contributed by atoms with Crippen molar-refractivity contribution in [3.8, 4) is 5.75 Å². The second kappa shape index (κ2) is 9.65. The van der Waals surface area contributed by atoms with Crippen LogP contribution in [0.2, 0.25) is 10.0 Å². The Morgan fingerprint density at radius 3 is 2.35 bits per heavy atom. The molecule has 0 spiro atoms. The molecule has 0 radical (unpaired) electrons. The van der Waals surface area contributed by atoms with E-state index in [0.717, 1.165) is 5.06 Å². The summed E-state index contributed by atoms with van der Waals surface area (Å²) in [5, 5.41) is 11.6. The fraction of sp³-hybridized carbons (Fsp3) is 0.0952. The normalized spacial score (nSPS) is 10.6. The summed E-state index contributed by atoms with van der Waals surface area (Å²) in [7, 11) is 0. The molecule has 31 heavy (non-hydrogen) atoms. The van der Waals surface area contributed by atoms with Crippen molar-refractivity contribution in [2.24, 2.45) is 5.73 Å². The van der Waals surface area contributed by atoms with Gasteiger partial charge in [0.25, 0.3) is 5.91 Å². The van der Waals surface area contributed by atoms with E-state index >= 15 is 0 Å². The number of halogens is 2. The van der Waals surface area contributed by atoms with E-state index < -0.39 is 31.0 Å². The van der Waals surface area contributed by atoms with Gasteiger partial charge in [-0.25, -0.2) is 4.79 Å². The number of fused-ring (bicyclic) bond motifs is 1. The van der Waals surface area contributed by atoms with Crippen LogP contribution < -0.4 is 15.5 Å². The van der Waals surface area contributed by atoms with Gasteiger partial charge < -0.3 is 15.6 Å². The summed E-state index contributed by atoms with van der Waals surface area (Å²) in [6, 6.07) is 14.0. The summed E-state index contributed by atoms with van der Waals surface area (Å²) in [5.41, 5.74) is 5.39. The molecule has 0 unspecified atom stereocenters. The first-order chi connectivity index (χ1) is 14.8. The molecule has 0 bridgehead atoms. The lowest BCUT2D eigenvalue weighted by Gasteiger charge is -2.21. The standard InChI is InChI=1S/C21H16Cl2N2O6/c22-14-7-12-6-13(21(28)29)8-17(20(12)16(23)9-14)30-11-19(27)25(31-10-18(24)26)15-4-2-1-3-5-15/h1-9H,10-11H2,(H2,24,26)(H,28,29). The minimum Gasteiger partial charge on any atom is -0.483 e. The molecule has 3 aromatic rings. The number of para-hydroxylation sites is 1. The molecule has 2 amide bonds. The molecule has 8 nitrogen and oxygen atoms in total. The van der Waals surface area contributed by atoms with E-state index in [-0.39, 0.29) is 16.3 Å². The fourth-order valence-corrected chi connectivity index (χ4v) is 3.41. The van der Waals surface area contributed by atoms with Gasteiger partial charge in [-0.2, -0.15) is 5.06 Å². The summed E-state index contributed by atoms with van der Waals surface area (Å²) in [6.07, 6.45) is 0. The quantitative estimate of drug-likeness (QED) is 0.492. The van der Waals surface area contributed by atoms with Crippen molar-refractivity contribution >= 4 is 57.4 Å². The molecule has 0 atom stereocenters. The number of carboxylic acids is 1. The molecule has 0 aliphatic carbocycles. The van der Waals surface area contributed by atoms with Crippen LogP contribution in [-0.4, -0.2) is 36.1 Å². The Morgan fingerprint density at radius 2 is 1.71 bits per heavy atom. The molecule has 3 N–H and O–H groups in total. The number of hydrogen-bond donors (Lipinski definition) is 2. The molecule has 10 heteroatoms. The number of amides is 2. The zero-order valence-corrected chi connectivity index (χ0v) is 17.4. The lowest BCUT2D eigenvalue weighted by Crippen LogP contribution is -2.37. The fourth-order valence-electron chi connectivity index (χ4n) is 2.81. The smallest absolute Gasteiger partial charge is 0.335 e. The molecular weight excluding hydrogens is 447 g/mol. The molecule has 0 aliphatic rings. The molecule has 0 heterocycles. The van der Waals surface area contributed by atoms with Gasteiger partial charge >= 0.3 is 5.97 Å². The Balaban J connectivity index is 1.91. The van der Waals surface area contributed by atoms with Gasteiger partial charge in [-0.05, 0) is 41.8 Å². The van der Waals surface area contributed by atoms with Gasteiger partial charge in [0.15, 0.2) is 13.2 Å². The number of rotatable bonds is 8. The number of carboxylic acid groups (broad SMARTS) is 1. The number of ether oxygens (including phenoxy) is 1. The Morgan fingerprint density at radius 1 is 1.00 bits per heavy atom. The Labute approximate surface area is 186 Å². The van der Waals surface area contributed by atoms with E-state index in [1.165, 1.54) is 24.3 Å². The molecule has 0 aromatic heterocycles. The van der Waals surface area contributed by atoms with Crippen LogP contribution in [0.4, 0.5) is 5.69 Å². The van der Waals surface area contributed by atoms with Crippen molar-refractivity contribution in [2.75, 3.05) is 18.3 Å². The maximum Gasteiger partial charge on any atom is 0.335 e. The van der Waals surface area contributed by atoms with Gasteiger partial charge in [0.2, 0.25) is 5.91 Å². The number of hydrogen-bond acceptors (Lipinski definition) is 5. The molecule has 3 rings (SSSR count). The second-order valence-corrected chi connectivity index (χ2v) is 7.16. The molecule has 160 valence electrons. The minimum absolute atomic E-state index is 0.0711. The molecule has 0 saturated heterocycles. The van der Waals surface area contributed by atoms with Crippen molar-refractivity contribution in [3.63, 3.8) is 0 Å². The summed E-state index contributed by atoms with van der Waals surface area (Å²) in [4.78, 5) is 40.6. The van der Waals surface area contributed by atoms with Crippen molar-refractivity contribution in [1.82, 2.24) is 0 Å². The SMILES string of the molecule is NC(=O)CON(C(=O)COc1cc(C(=O)O)cc2cc(Cl)cc(Cl)c12)c1ccccc1. The van der Waals surface area contributed by atoms with Crippen LogP contribution in [0.25, 0.3) is 10.8 Å². The highest BCUT2D eigenvalue weighted by Crippen LogP contribution is 2.36. The summed E-state index contributed by atoms with van der Waals surface area (Å²) < 4.78 is 5.62. The largest absolute Gasteiger partial charge is 0.483 e. The highest BCUT2D eigenvalue weighted by Gasteiger charge is 2.20. The Bertz CT molecular complexity index is 1150. The van der Waals surface area contributed by atoms with Gasteiger partial charge in [0, 0.05) is 10.4 Å². The maximum atomic E-state index is 12.8. The zero-order chi connectivity index (χ0) is 22.5. The van der Waals surface area contributed by atoms with Crippen molar-refractivity contribution in [1.29, 1.82) is 0 Å². The topological polar surface area (TPSA) is 119 Å². The average molecular weight is 463 g/mol. The molecule has 0 fully saturated rings. The highest BCUT2D eigenvalue weighted by molar-refractivity contribution is 6.39. The third-order valence-corrected chi connectivity index (χ3v) is 4.60. The predicted molar refractivity (Wildman–Crippen MR) is 115 cm³/mol. The van der Waals surface area contributed by atoms with E-state index in [1.807, 2.05) is 0 Å². The number of carbonyl (C=O) groups excluding carboxylic acids is 2. The predicted octanol–water partition coefficient (Wildman–Crippen LogP) is 3.67. The van der Waals surface area contributed by atoms with E-state index in [1.54, 1.807) is 30.3 Å². The van der Waals surface area contributed by atoms with Crippen molar-refractivity contribution < 1.29 is 29.1 Å². The van der Waals surface area contributed by atoms with Gasteiger partial charge in [-0.15, -0.1) is 0 Å². The van der Waals surface area contributed by atoms with Crippen LogP contribution in [0.15, 0.2) is 54.6 Å². The Hall–Kier alpha value is -3.33. The van der Waals surface area contributed by atoms with Crippen LogP contribution in [0.3, 0.4) is 0 Å². The average Bonchev–Trinajstić information content (AvgIpc) is 2.72. The lowest BCUT2D eigenvalue weighted by atomic mass is 10.1. The third kappa shape index (κ3) is 5.43. The number of aromatic carboxylic acids is 1. The highest BCUT2D eigenvalue weighted by atomic mass is 35.5. The number of anilines is 1. The summed E-state index contributed by atoms with van der Waals surface area (Å²) >= 11 is 12.3. The van der Waals surface area contributed by atoms with Crippen LogP contribution >= 0.6 is 23.2 Å². The molecule has 3 aromatic carbocycles. The van der Waals surface area contributed by atoms with E-state index in [0.29, 0.717) is 21.5 Å². The lowest BCUT2D eigenvalue weighted by molar-refractivity contribution is -0.131. The molecular formula is C21H16Cl2N2O6. The van der Waals surface area contributed by atoms with Crippen LogP contribution in [0.5, 0.6) is 5.75 Å². The minimum atomic E-state index is -1.19. The van der Waals surface area contributed by atoms with Crippen LogP contribution in [-0.2, 0) is 14.4 Å². The second-order valence-electron chi connectivity index (χ2n) is 6.32. The maximum absolute atomic E-state index is 12.8. The van der Waals surface area contributed by atoms with E-state index in [2.05, 4.69) is 0 Å². The first-order valence-corrected chi connectivity index (χ1v) is 9.60.